The molecular weight excluding hydrogens is 430 g/mol. The Hall–Kier alpha value is -1.71. The first-order valence-corrected chi connectivity index (χ1v) is 13.3. The fraction of sp³-hybridized carbons (Fsp3) is 0.586. The summed E-state index contributed by atoms with van der Waals surface area (Å²) in [5.41, 5.74) is 2.97. The maximum absolute atomic E-state index is 6.28. The first-order chi connectivity index (χ1) is 16.1. The summed E-state index contributed by atoms with van der Waals surface area (Å²) in [6, 6.07) is 14.9. The first-order valence-electron chi connectivity index (χ1n) is 12.9. The molecular formula is C29H38ClNO2. The number of nitrogens with zero attached hydrogens (tertiary/aromatic N) is 1. The van der Waals surface area contributed by atoms with Crippen LogP contribution in [0.1, 0.15) is 62.5 Å². The second-order valence-electron chi connectivity index (χ2n) is 10.7. The lowest BCUT2D eigenvalue weighted by Crippen LogP contribution is -2.49. The van der Waals surface area contributed by atoms with Crippen molar-refractivity contribution >= 4 is 11.6 Å². The summed E-state index contributed by atoms with van der Waals surface area (Å²) in [5, 5.41) is 0.830. The predicted octanol–water partition coefficient (Wildman–Crippen LogP) is 7.04. The van der Waals surface area contributed by atoms with Crippen LogP contribution in [0.3, 0.4) is 0 Å². The van der Waals surface area contributed by atoms with E-state index in [1.165, 1.54) is 69.0 Å². The van der Waals surface area contributed by atoms with Crippen LogP contribution < -0.4 is 9.47 Å². The molecule has 2 aliphatic carbocycles. The van der Waals surface area contributed by atoms with Gasteiger partial charge in [-0.25, -0.2) is 0 Å². The van der Waals surface area contributed by atoms with Crippen molar-refractivity contribution in [1.29, 1.82) is 0 Å². The highest BCUT2D eigenvalue weighted by Crippen LogP contribution is 2.45. The maximum atomic E-state index is 6.28. The Bertz CT molecular complexity index is 920. The van der Waals surface area contributed by atoms with Gasteiger partial charge in [-0.1, -0.05) is 42.6 Å². The number of likely N-dealkylation sites (tertiary alicyclic amines) is 1. The molecule has 1 heterocycles. The number of hydrogen-bond acceptors (Lipinski definition) is 3. The zero-order valence-electron chi connectivity index (χ0n) is 20.0. The highest BCUT2D eigenvalue weighted by Gasteiger charge is 2.40. The summed E-state index contributed by atoms with van der Waals surface area (Å²) in [5.74, 6) is 3.26. The monoisotopic (exact) mass is 467 g/mol. The molecule has 4 heteroatoms. The molecule has 3 fully saturated rings. The Labute approximate surface area is 204 Å². The average Bonchev–Trinajstić information content (AvgIpc) is 2.76. The normalized spacial score (nSPS) is 22.9. The van der Waals surface area contributed by atoms with Crippen LogP contribution in [0.15, 0.2) is 42.5 Å². The van der Waals surface area contributed by atoms with E-state index in [-0.39, 0.29) is 0 Å². The third-order valence-corrected chi connectivity index (χ3v) is 8.49. The van der Waals surface area contributed by atoms with Gasteiger partial charge < -0.3 is 14.4 Å². The molecule has 2 aromatic rings. The van der Waals surface area contributed by atoms with Gasteiger partial charge in [-0.05, 0) is 87.2 Å². The van der Waals surface area contributed by atoms with E-state index >= 15 is 0 Å². The van der Waals surface area contributed by atoms with Gasteiger partial charge in [0, 0.05) is 35.5 Å². The zero-order valence-corrected chi connectivity index (χ0v) is 20.8. The molecule has 2 saturated carbocycles. The lowest BCUT2D eigenvalue weighted by molar-refractivity contribution is 0.0815. The number of hydrogen-bond donors (Lipinski definition) is 0. The molecule has 0 radical (unpaired) electrons. The van der Waals surface area contributed by atoms with Crippen LogP contribution in [0.2, 0.25) is 5.02 Å². The predicted molar refractivity (Wildman–Crippen MR) is 136 cm³/mol. The van der Waals surface area contributed by atoms with Gasteiger partial charge in [0.1, 0.15) is 11.5 Å². The van der Waals surface area contributed by atoms with Gasteiger partial charge in [0.05, 0.1) is 13.2 Å². The van der Waals surface area contributed by atoms with Crippen molar-refractivity contribution in [2.75, 3.05) is 32.8 Å². The van der Waals surface area contributed by atoms with Crippen LogP contribution in [-0.2, 0) is 5.41 Å². The van der Waals surface area contributed by atoms with Gasteiger partial charge in [-0.3, -0.25) is 0 Å². The van der Waals surface area contributed by atoms with Crippen LogP contribution in [-0.4, -0.2) is 37.7 Å². The van der Waals surface area contributed by atoms with Crippen LogP contribution >= 0.6 is 11.6 Å². The molecule has 2 aromatic carbocycles. The molecule has 0 bridgehead atoms. The van der Waals surface area contributed by atoms with E-state index in [1.54, 1.807) is 0 Å². The van der Waals surface area contributed by atoms with Gasteiger partial charge in [0.15, 0.2) is 0 Å². The molecule has 1 saturated heterocycles. The smallest absolute Gasteiger partial charge is 0.125 e. The van der Waals surface area contributed by atoms with Crippen LogP contribution in [0.5, 0.6) is 11.5 Å². The number of halogens is 1. The minimum absolute atomic E-state index is 0.316. The Morgan fingerprint density at radius 1 is 0.909 bits per heavy atom. The molecule has 0 aromatic heterocycles. The minimum atomic E-state index is 0.316. The fourth-order valence-electron chi connectivity index (χ4n) is 5.71. The van der Waals surface area contributed by atoms with E-state index in [9.17, 15) is 0 Å². The molecule has 3 nitrogen and oxygen atoms in total. The van der Waals surface area contributed by atoms with E-state index in [0.29, 0.717) is 11.3 Å². The van der Waals surface area contributed by atoms with Crippen molar-refractivity contribution < 1.29 is 9.47 Å². The van der Waals surface area contributed by atoms with Crippen LogP contribution in [0.25, 0.3) is 0 Å². The van der Waals surface area contributed by atoms with E-state index in [0.717, 1.165) is 48.7 Å². The molecule has 1 aliphatic heterocycles. The SMILES string of the molecule is Cc1ccc(OC[C@H]2CCCN(CC3(c4ccc(Cl)cc4)CCC3)C2)cc1OCC1CCC1. The highest BCUT2D eigenvalue weighted by molar-refractivity contribution is 6.30. The lowest BCUT2D eigenvalue weighted by Gasteiger charge is -2.47. The Morgan fingerprint density at radius 2 is 1.67 bits per heavy atom. The van der Waals surface area contributed by atoms with Gasteiger partial charge in [-0.15, -0.1) is 0 Å². The Balaban J connectivity index is 1.15. The Morgan fingerprint density at radius 3 is 2.36 bits per heavy atom. The first kappa shape index (κ1) is 23.1. The average molecular weight is 468 g/mol. The van der Waals surface area contributed by atoms with Gasteiger partial charge in [0.2, 0.25) is 0 Å². The summed E-state index contributed by atoms with van der Waals surface area (Å²) < 4.78 is 12.4. The van der Waals surface area contributed by atoms with Crippen molar-refractivity contribution in [3.05, 3.63) is 58.6 Å². The Kier molecular flexibility index (Phi) is 7.18. The largest absolute Gasteiger partial charge is 0.493 e. The number of ether oxygens (including phenoxy) is 2. The quantitative estimate of drug-likeness (QED) is 0.394. The van der Waals surface area contributed by atoms with Gasteiger partial charge in [0.25, 0.3) is 0 Å². The van der Waals surface area contributed by atoms with Crippen molar-refractivity contribution in [2.45, 2.75) is 63.7 Å². The third kappa shape index (κ3) is 5.52. The van der Waals surface area contributed by atoms with Crippen LogP contribution in [0, 0.1) is 18.8 Å². The van der Waals surface area contributed by atoms with E-state index in [4.69, 9.17) is 21.1 Å². The second-order valence-corrected chi connectivity index (χ2v) is 11.2. The summed E-state index contributed by atoms with van der Waals surface area (Å²) in [7, 11) is 0. The topological polar surface area (TPSA) is 21.7 Å². The second kappa shape index (κ2) is 10.3. The summed E-state index contributed by atoms with van der Waals surface area (Å²) in [6.07, 6.45) is 10.4. The fourth-order valence-corrected chi connectivity index (χ4v) is 5.84. The molecule has 0 unspecified atom stereocenters. The number of piperidine rings is 1. The standard InChI is InChI=1S/C29H38ClNO2/c1-22-8-13-27(17-28(22)33-19-23-5-2-6-23)32-20-24-7-3-16-31(18-24)21-29(14-4-15-29)25-9-11-26(30)12-10-25/h8-13,17,23-24H,2-7,14-16,18-21H2,1H3/t24-/m0/s1. The maximum Gasteiger partial charge on any atom is 0.125 e. The van der Waals surface area contributed by atoms with Gasteiger partial charge >= 0.3 is 0 Å². The highest BCUT2D eigenvalue weighted by atomic mass is 35.5. The minimum Gasteiger partial charge on any atom is -0.493 e. The molecule has 0 amide bonds. The van der Waals surface area contributed by atoms with Crippen LogP contribution in [0.4, 0.5) is 0 Å². The van der Waals surface area contributed by atoms with E-state index < -0.39 is 0 Å². The summed E-state index contributed by atoms with van der Waals surface area (Å²) in [4.78, 5) is 2.69. The summed E-state index contributed by atoms with van der Waals surface area (Å²) >= 11 is 6.15. The molecule has 0 spiro atoms. The molecule has 5 rings (SSSR count). The number of aryl methyl sites for hydroxylation is 1. The van der Waals surface area contributed by atoms with Crippen molar-refractivity contribution in [3.63, 3.8) is 0 Å². The van der Waals surface area contributed by atoms with Crippen molar-refractivity contribution in [2.24, 2.45) is 11.8 Å². The molecule has 178 valence electrons. The number of rotatable bonds is 9. The zero-order chi connectivity index (χ0) is 22.7. The molecule has 33 heavy (non-hydrogen) atoms. The van der Waals surface area contributed by atoms with E-state index in [1.807, 2.05) is 0 Å². The van der Waals surface area contributed by atoms with E-state index in [2.05, 4.69) is 54.3 Å². The molecule has 1 atom stereocenters. The number of benzene rings is 2. The third-order valence-electron chi connectivity index (χ3n) is 8.24. The van der Waals surface area contributed by atoms with Crippen molar-refractivity contribution in [1.82, 2.24) is 4.90 Å². The summed E-state index contributed by atoms with van der Waals surface area (Å²) in [6.45, 7) is 7.25. The molecule has 3 aliphatic rings. The lowest BCUT2D eigenvalue weighted by atomic mass is 9.64. The molecule has 0 N–H and O–H groups in total. The van der Waals surface area contributed by atoms with Gasteiger partial charge in [-0.2, -0.15) is 0 Å². The van der Waals surface area contributed by atoms with Crippen molar-refractivity contribution in [3.8, 4) is 11.5 Å².